The van der Waals surface area contributed by atoms with Crippen LogP contribution >= 0.6 is 15.9 Å². The Labute approximate surface area is 135 Å². The average Bonchev–Trinajstić information content (AvgIpc) is 2.68. The SMILES string of the molecule is CC(C)(C)NCc1cc(Br)ccc1OC1CCS(=O)(=O)C1. The molecule has 2 rings (SSSR count). The predicted octanol–water partition coefficient (Wildman–Crippen LogP) is 2.90. The molecule has 1 unspecified atom stereocenters. The number of hydrogen-bond donors (Lipinski definition) is 1. The van der Waals surface area contributed by atoms with Crippen molar-refractivity contribution in [1.82, 2.24) is 5.32 Å². The van der Waals surface area contributed by atoms with Crippen LogP contribution in [-0.2, 0) is 16.4 Å². The van der Waals surface area contributed by atoms with Crippen molar-refractivity contribution in [3.05, 3.63) is 28.2 Å². The van der Waals surface area contributed by atoms with Crippen LogP contribution in [0, 0.1) is 0 Å². The maximum absolute atomic E-state index is 11.5. The van der Waals surface area contributed by atoms with Crippen molar-refractivity contribution in [2.75, 3.05) is 11.5 Å². The van der Waals surface area contributed by atoms with Gasteiger partial charge in [0.05, 0.1) is 11.5 Å². The highest BCUT2D eigenvalue weighted by atomic mass is 79.9. The van der Waals surface area contributed by atoms with Crippen molar-refractivity contribution in [1.29, 1.82) is 0 Å². The molecule has 118 valence electrons. The number of ether oxygens (including phenoxy) is 1. The van der Waals surface area contributed by atoms with E-state index in [0.29, 0.717) is 13.0 Å². The van der Waals surface area contributed by atoms with Gasteiger partial charge >= 0.3 is 0 Å². The molecule has 1 N–H and O–H groups in total. The zero-order chi connectivity index (χ0) is 15.7. The van der Waals surface area contributed by atoms with Crippen LogP contribution in [0.4, 0.5) is 0 Å². The van der Waals surface area contributed by atoms with Crippen LogP contribution in [0.3, 0.4) is 0 Å². The molecule has 0 aliphatic carbocycles. The molecule has 1 aliphatic heterocycles. The van der Waals surface area contributed by atoms with Crippen molar-refractivity contribution >= 4 is 25.8 Å². The summed E-state index contributed by atoms with van der Waals surface area (Å²) in [6.07, 6.45) is 0.342. The predicted molar refractivity (Wildman–Crippen MR) is 88.4 cm³/mol. The van der Waals surface area contributed by atoms with E-state index in [2.05, 4.69) is 42.0 Å². The molecule has 1 heterocycles. The largest absolute Gasteiger partial charge is 0.489 e. The van der Waals surface area contributed by atoms with Crippen LogP contribution in [-0.4, -0.2) is 31.6 Å². The van der Waals surface area contributed by atoms with Crippen LogP contribution in [0.25, 0.3) is 0 Å². The van der Waals surface area contributed by atoms with Crippen LogP contribution in [0.1, 0.15) is 32.8 Å². The number of rotatable bonds is 4. The fraction of sp³-hybridized carbons (Fsp3) is 0.600. The minimum Gasteiger partial charge on any atom is -0.489 e. The van der Waals surface area contributed by atoms with Gasteiger partial charge in [-0.15, -0.1) is 0 Å². The first-order chi connectivity index (χ1) is 9.65. The lowest BCUT2D eigenvalue weighted by molar-refractivity contribution is 0.225. The van der Waals surface area contributed by atoms with Gasteiger partial charge in [-0.05, 0) is 45.4 Å². The highest BCUT2D eigenvalue weighted by molar-refractivity contribution is 9.10. The molecule has 1 aromatic rings. The quantitative estimate of drug-likeness (QED) is 0.878. The first kappa shape index (κ1) is 16.8. The zero-order valence-electron chi connectivity index (χ0n) is 12.6. The molecule has 0 amide bonds. The van der Waals surface area contributed by atoms with E-state index in [1.165, 1.54) is 0 Å². The highest BCUT2D eigenvalue weighted by Gasteiger charge is 2.29. The molecule has 4 nitrogen and oxygen atoms in total. The molecule has 0 aromatic heterocycles. The second kappa shape index (κ2) is 6.26. The minimum absolute atomic E-state index is 0.0102. The molecule has 0 saturated carbocycles. The molecule has 1 aromatic carbocycles. The van der Waals surface area contributed by atoms with Gasteiger partial charge in [-0.1, -0.05) is 15.9 Å². The van der Waals surface area contributed by atoms with Gasteiger partial charge in [0.2, 0.25) is 0 Å². The van der Waals surface area contributed by atoms with Gasteiger partial charge in [0.25, 0.3) is 0 Å². The van der Waals surface area contributed by atoms with Crippen LogP contribution in [0.15, 0.2) is 22.7 Å². The summed E-state index contributed by atoms with van der Waals surface area (Å²) < 4.78 is 30.0. The summed E-state index contributed by atoms with van der Waals surface area (Å²) in [4.78, 5) is 0. The van der Waals surface area contributed by atoms with Crippen molar-refractivity contribution in [2.24, 2.45) is 0 Å². The third kappa shape index (κ3) is 5.27. The fourth-order valence-corrected chi connectivity index (χ4v) is 4.19. The number of halogens is 1. The summed E-state index contributed by atoms with van der Waals surface area (Å²) in [5, 5.41) is 3.43. The molecule has 1 saturated heterocycles. The van der Waals surface area contributed by atoms with E-state index in [0.717, 1.165) is 15.8 Å². The molecule has 0 radical (unpaired) electrons. The molecule has 1 aliphatic rings. The summed E-state index contributed by atoms with van der Waals surface area (Å²) in [6.45, 7) is 7.00. The lowest BCUT2D eigenvalue weighted by atomic mass is 10.1. The third-order valence-electron chi connectivity index (χ3n) is 3.32. The summed E-state index contributed by atoms with van der Waals surface area (Å²) in [7, 11) is -2.92. The number of sulfone groups is 1. The smallest absolute Gasteiger partial charge is 0.154 e. The monoisotopic (exact) mass is 375 g/mol. The molecular weight excluding hydrogens is 354 g/mol. The minimum atomic E-state index is -2.92. The Kier molecular flexibility index (Phi) is 5.00. The van der Waals surface area contributed by atoms with Crippen molar-refractivity contribution in [2.45, 2.75) is 45.4 Å². The Morgan fingerprint density at radius 1 is 1.38 bits per heavy atom. The molecular formula is C15H22BrNO3S. The van der Waals surface area contributed by atoms with E-state index >= 15 is 0 Å². The molecule has 1 atom stereocenters. The first-order valence-corrected chi connectivity index (χ1v) is 9.67. The number of benzene rings is 1. The molecule has 0 bridgehead atoms. The Balaban J connectivity index is 2.11. The van der Waals surface area contributed by atoms with Crippen molar-refractivity contribution in [3.8, 4) is 5.75 Å². The Hall–Kier alpha value is -0.590. The lowest BCUT2D eigenvalue weighted by Gasteiger charge is -2.22. The van der Waals surface area contributed by atoms with Gasteiger partial charge in [-0.25, -0.2) is 8.42 Å². The Bertz CT molecular complexity index is 608. The molecule has 21 heavy (non-hydrogen) atoms. The van der Waals surface area contributed by atoms with Gasteiger partial charge in [-0.3, -0.25) is 0 Å². The van der Waals surface area contributed by atoms with E-state index in [1.807, 2.05) is 18.2 Å². The maximum Gasteiger partial charge on any atom is 0.154 e. The van der Waals surface area contributed by atoms with Crippen LogP contribution < -0.4 is 10.1 Å². The van der Waals surface area contributed by atoms with E-state index < -0.39 is 9.84 Å². The molecule has 6 heteroatoms. The second-order valence-electron chi connectivity index (χ2n) is 6.50. The summed E-state index contributed by atoms with van der Waals surface area (Å²) in [5.74, 6) is 1.11. The van der Waals surface area contributed by atoms with E-state index in [4.69, 9.17) is 4.74 Å². The van der Waals surface area contributed by atoms with E-state index in [9.17, 15) is 8.42 Å². The van der Waals surface area contributed by atoms with Crippen LogP contribution in [0.5, 0.6) is 5.75 Å². The number of hydrogen-bond acceptors (Lipinski definition) is 4. The van der Waals surface area contributed by atoms with E-state index in [1.54, 1.807) is 0 Å². The topological polar surface area (TPSA) is 55.4 Å². The maximum atomic E-state index is 11.5. The fourth-order valence-electron chi connectivity index (χ4n) is 2.19. The van der Waals surface area contributed by atoms with Gasteiger partial charge in [-0.2, -0.15) is 0 Å². The van der Waals surface area contributed by atoms with Gasteiger partial charge < -0.3 is 10.1 Å². The Morgan fingerprint density at radius 3 is 2.67 bits per heavy atom. The Morgan fingerprint density at radius 2 is 2.10 bits per heavy atom. The van der Waals surface area contributed by atoms with E-state index in [-0.39, 0.29) is 23.1 Å². The lowest BCUT2D eigenvalue weighted by Crippen LogP contribution is -2.35. The highest BCUT2D eigenvalue weighted by Crippen LogP contribution is 2.27. The van der Waals surface area contributed by atoms with Gasteiger partial charge in [0.1, 0.15) is 11.9 Å². The average molecular weight is 376 g/mol. The van der Waals surface area contributed by atoms with Crippen molar-refractivity contribution in [3.63, 3.8) is 0 Å². The second-order valence-corrected chi connectivity index (χ2v) is 9.64. The third-order valence-corrected chi connectivity index (χ3v) is 5.55. The summed E-state index contributed by atoms with van der Waals surface area (Å²) >= 11 is 3.47. The normalized spacial score (nSPS) is 21.4. The number of nitrogens with one attached hydrogen (secondary N) is 1. The summed E-state index contributed by atoms with van der Waals surface area (Å²) in [6, 6.07) is 5.82. The zero-order valence-corrected chi connectivity index (χ0v) is 15.1. The molecule has 1 fully saturated rings. The van der Waals surface area contributed by atoms with Crippen molar-refractivity contribution < 1.29 is 13.2 Å². The van der Waals surface area contributed by atoms with Crippen LogP contribution in [0.2, 0.25) is 0 Å². The first-order valence-electron chi connectivity index (χ1n) is 7.05. The summed E-state index contributed by atoms with van der Waals surface area (Å²) in [5.41, 5.74) is 1.04. The van der Waals surface area contributed by atoms with Gasteiger partial charge in [0, 0.05) is 22.1 Å². The molecule has 0 spiro atoms. The van der Waals surface area contributed by atoms with Gasteiger partial charge in [0.15, 0.2) is 9.84 Å². The standard InChI is InChI=1S/C15H22BrNO3S/c1-15(2,3)17-9-11-8-12(16)4-5-14(11)20-13-6-7-21(18,19)10-13/h4-5,8,13,17H,6-7,9-10H2,1-3H3.